The highest BCUT2D eigenvalue weighted by Gasteiger charge is 2.36. The Hall–Kier alpha value is -6.16. The number of hydrogen-bond acceptors (Lipinski definition) is 3. The summed E-state index contributed by atoms with van der Waals surface area (Å²) < 4.78 is 9.38. The number of benzene rings is 8. The molecule has 246 valence electrons. The molecule has 0 saturated carbocycles. The first-order valence-electron chi connectivity index (χ1n) is 17.9. The summed E-state index contributed by atoms with van der Waals surface area (Å²) in [5.74, 6) is 0. The molecule has 1 aliphatic carbocycles. The first kappa shape index (κ1) is 29.6. The number of furan rings is 1. The standard InChI is InChI=1S/C49H33NOS/c1-49(2)41-21-8-5-15-33(41)34-26-25-32(29-42(34)49)50(44-23-12-20-39-36-17-7-10-24-46(36)52-48(39)44)43-22-9-6-16-35(43)37-18-11-19-38-40-27-30-13-3-4-14-31(30)28-45(40)51-47(37)38/h3-29H,1-2H3. The van der Waals surface area contributed by atoms with E-state index in [1.165, 1.54) is 58.9 Å². The first-order valence-corrected chi connectivity index (χ1v) is 18.7. The topological polar surface area (TPSA) is 16.4 Å². The molecule has 0 spiro atoms. The van der Waals surface area contributed by atoms with Gasteiger partial charge >= 0.3 is 0 Å². The summed E-state index contributed by atoms with van der Waals surface area (Å²) in [4.78, 5) is 2.49. The summed E-state index contributed by atoms with van der Waals surface area (Å²) in [6.07, 6.45) is 0. The monoisotopic (exact) mass is 683 g/mol. The smallest absolute Gasteiger partial charge is 0.143 e. The Balaban J connectivity index is 1.19. The minimum Gasteiger partial charge on any atom is -0.455 e. The van der Waals surface area contributed by atoms with Gasteiger partial charge in [0.05, 0.1) is 16.1 Å². The molecule has 0 saturated heterocycles. The van der Waals surface area contributed by atoms with Gasteiger partial charge in [0, 0.05) is 48.5 Å². The Morgan fingerprint density at radius 3 is 2.04 bits per heavy atom. The predicted octanol–water partition coefficient (Wildman–Crippen LogP) is 14.6. The van der Waals surface area contributed by atoms with E-state index in [-0.39, 0.29) is 5.41 Å². The number of nitrogens with zero attached hydrogens (tertiary/aromatic N) is 1. The lowest BCUT2D eigenvalue weighted by atomic mass is 9.82. The molecule has 0 aliphatic heterocycles. The van der Waals surface area contributed by atoms with Gasteiger partial charge < -0.3 is 9.32 Å². The maximum Gasteiger partial charge on any atom is 0.143 e. The zero-order valence-corrected chi connectivity index (χ0v) is 29.7. The van der Waals surface area contributed by atoms with Gasteiger partial charge in [-0.25, -0.2) is 0 Å². The van der Waals surface area contributed by atoms with Crippen molar-refractivity contribution in [3.05, 3.63) is 175 Å². The van der Waals surface area contributed by atoms with Gasteiger partial charge in [-0.1, -0.05) is 135 Å². The molecular weight excluding hydrogens is 651 g/mol. The maximum absolute atomic E-state index is 6.81. The van der Waals surface area contributed by atoms with Gasteiger partial charge in [-0.05, 0) is 75.5 Å². The molecule has 0 N–H and O–H groups in total. The number of rotatable bonds is 4. The highest BCUT2D eigenvalue weighted by Crippen LogP contribution is 2.53. The summed E-state index contributed by atoms with van der Waals surface area (Å²) in [7, 11) is 0. The van der Waals surface area contributed by atoms with E-state index in [0.29, 0.717) is 0 Å². The van der Waals surface area contributed by atoms with Crippen molar-refractivity contribution < 1.29 is 4.42 Å². The van der Waals surface area contributed by atoms with E-state index in [1.807, 2.05) is 11.3 Å². The average molecular weight is 684 g/mol. The van der Waals surface area contributed by atoms with Gasteiger partial charge in [0.2, 0.25) is 0 Å². The van der Waals surface area contributed by atoms with Crippen molar-refractivity contribution in [1.29, 1.82) is 0 Å². The Morgan fingerprint density at radius 2 is 1.13 bits per heavy atom. The number of para-hydroxylation sites is 2. The van der Waals surface area contributed by atoms with Crippen LogP contribution in [0.5, 0.6) is 0 Å². The maximum atomic E-state index is 6.81. The summed E-state index contributed by atoms with van der Waals surface area (Å²) in [6.45, 7) is 4.72. The van der Waals surface area contributed by atoms with Crippen molar-refractivity contribution in [1.82, 2.24) is 0 Å². The molecule has 1 aliphatic rings. The first-order chi connectivity index (χ1) is 25.5. The fourth-order valence-electron chi connectivity index (χ4n) is 8.74. The van der Waals surface area contributed by atoms with E-state index in [0.717, 1.165) is 44.4 Å². The third-order valence-corrected chi connectivity index (χ3v) is 12.5. The molecule has 52 heavy (non-hydrogen) atoms. The quantitative estimate of drug-likeness (QED) is 0.184. The van der Waals surface area contributed by atoms with E-state index < -0.39 is 0 Å². The van der Waals surface area contributed by atoms with Crippen LogP contribution in [-0.2, 0) is 5.41 Å². The lowest BCUT2D eigenvalue weighted by Gasteiger charge is -2.30. The second kappa shape index (κ2) is 10.9. The van der Waals surface area contributed by atoms with Crippen molar-refractivity contribution in [2.45, 2.75) is 19.3 Å². The highest BCUT2D eigenvalue weighted by molar-refractivity contribution is 7.26. The molecule has 3 heteroatoms. The van der Waals surface area contributed by atoms with Crippen molar-refractivity contribution in [3.63, 3.8) is 0 Å². The molecule has 11 rings (SSSR count). The largest absolute Gasteiger partial charge is 0.455 e. The molecule has 8 aromatic carbocycles. The van der Waals surface area contributed by atoms with Gasteiger partial charge in [-0.15, -0.1) is 11.3 Å². The SMILES string of the molecule is CC1(C)c2ccccc2-c2ccc(N(c3ccccc3-c3cccc4c3oc3cc5ccccc5cc34)c3cccc4c3sc3ccccc34)cc21. The molecule has 0 unspecified atom stereocenters. The number of thiophene rings is 1. The summed E-state index contributed by atoms with van der Waals surface area (Å²) in [6, 6.07) is 59.9. The van der Waals surface area contributed by atoms with Crippen LogP contribution in [0.25, 0.3) is 75.1 Å². The second-order valence-electron chi connectivity index (χ2n) is 14.5. The Morgan fingerprint density at radius 1 is 0.481 bits per heavy atom. The lowest BCUT2D eigenvalue weighted by molar-refractivity contribution is 0.660. The summed E-state index contributed by atoms with van der Waals surface area (Å²) in [5, 5.41) is 7.24. The van der Waals surface area contributed by atoms with E-state index in [1.54, 1.807) is 0 Å². The van der Waals surface area contributed by atoms with Crippen LogP contribution < -0.4 is 4.90 Å². The molecular formula is C49H33NOS. The number of anilines is 3. The van der Waals surface area contributed by atoms with Crippen LogP contribution in [0.15, 0.2) is 168 Å². The van der Waals surface area contributed by atoms with Gasteiger partial charge in [-0.2, -0.15) is 0 Å². The van der Waals surface area contributed by atoms with Crippen molar-refractivity contribution in [3.8, 4) is 22.3 Å². The van der Waals surface area contributed by atoms with E-state index in [4.69, 9.17) is 4.42 Å². The predicted molar refractivity (Wildman–Crippen MR) is 222 cm³/mol. The van der Waals surface area contributed by atoms with Crippen molar-refractivity contribution in [2.24, 2.45) is 0 Å². The van der Waals surface area contributed by atoms with Crippen molar-refractivity contribution >= 4 is 81.3 Å². The highest BCUT2D eigenvalue weighted by atomic mass is 32.1. The molecule has 0 amide bonds. The molecule has 2 heterocycles. The van der Waals surface area contributed by atoms with Gasteiger partial charge in [0.25, 0.3) is 0 Å². The fraction of sp³-hybridized carbons (Fsp3) is 0.0612. The van der Waals surface area contributed by atoms with Crippen LogP contribution in [0.1, 0.15) is 25.0 Å². The fourth-order valence-corrected chi connectivity index (χ4v) is 9.95. The Bertz CT molecular complexity index is 3070. The minimum atomic E-state index is -0.125. The molecule has 10 aromatic rings. The normalized spacial score (nSPS) is 13.3. The summed E-state index contributed by atoms with van der Waals surface area (Å²) in [5.41, 5.74) is 12.7. The minimum absolute atomic E-state index is 0.125. The van der Waals surface area contributed by atoms with Gasteiger partial charge in [0.1, 0.15) is 11.2 Å². The molecule has 2 aromatic heterocycles. The molecule has 2 nitrogen and oxygen atoms in total. The Kier molecular flexibility index (Phi) is 6.21. The number of fused-ring (bicyclic) bond motifs is 10. The van der Waals surface area contributed by atoms with E-state index >= 15 is 0 Å². The van der Waals surface area contributed by atoms with E-state index in [9.17, 15) is 0 Å². The average Bonchev–Trinajstić information content (AvgIpc) is 3.82. The van der Waals surface area contributed by atoms with Gasteiger partial charge in [0.15, 0.2) is 0 Å². The molecule has 0 bridgehead atoms. The third-order valence-electron chi connectivity index (χ3n) is 11.2. The molecule has 0 fully saturated rings. The van der Waals surface area contributed by atoms with Crippen LogP contribution in [-0.4, -0.2) is 0 Å². The molecule has 0 atom stereocenters. The van der Waals surface area contributed by atoms with Crippen LogP contribution in [0.2, 0.25) is 0 Å². The molecule has 0 radical (unpaired) electrons. The number of hydrogen-bond donors (Lipinski definition) is 0. The zero-order chi connectivity index (χ0) is 34.6. The van der Waals surface area contributed by atoms with E-state index in [2.05, 4.69) is 183 Å². The van der Waals surface area contributed by atoms with Crippen LogP contribution >= 0.6 is 11.3 Å². The van der Waals surface area contributed by atoms with Crippen molar-refractivity contribution in [2.75, 3.05) is 4.90 Å². The van der Waals surface area contributed by atoms with Crippen LogP contribution in [0, 0.1) is 0 Å². The van der Waals surface area contributed by atoms with Crippen LogP contribution in [0.3, 0.4) is 0 Å². The Labute approximate surface area is 305 Å². The second-order valence-corrected chi connectivity index (χ2v) is 15.5. The zero-order valence-electron chi connectivity index (χ0n) is 28.9. The third kappa shape index (κ3) is 4.17. The lowest BCUT2D eigenvalue weighted by Crippen LogP contribution is -2.17. The summed E-state index contributed by atoms with van der Waals surface area (Å²) >= 11 is 1.87. The van der Waals surface area contributed by atoms with Gasteiger partial charge in [-0.3, -0.25) is 0 Å². The van der Waals surface area contributed by atoms with Crippen LogP contribution in [0.4, 0.5) is 17.1 Å².